The van der Waals surface area contributed by atoms with Crippen LogP contribution in [-0.4, -0.2) is 23.1 Å². The lowest BCUT2D eigenvalue weighted by Gasteiger charge is -2.25. The average Bonchev–Trinajstić information content (AvgIpc) is 2.56. The molecule has 0 aliphatic carbocycles. The fourth-order valence-electron chi connectivity index (χ4n) is 2.06. The van der Waals surface area contributed by atoms with E-state index in [1.54, 1.807) is 50.4 Å². The summed E-state index contributed by atoms with van der Waals surface area (Å²) in [6.07, 6.45) is 1.66. The maximum atomic E-state index is 12.5. The van der Waals surface area contributed by atoms with Crippen molar-refractivity contribution in [2.45, 2.75) is 32.9 Å². The maximum absolute atomic E-state index is 12.5. The van der Waals surface area contributed by atoms with Crippen molar-refractivity contribution in [1.29, 1.82) is 0 Å². The molecule has 6 heteroatoms. The fourth-order valence-corrected chi connectivity index (χ4v) is 2.18. The first-order chi connectivity index (χ1) is 11.4. The van der Waals surface area contributed by atoms with Gasteiger partial charge < -0.3 is 14.8 Å². The Balaban J connectivity index is 1.99. The van der Waals surface area contributed by atoms with Gasteiger partial charge in [-0.25, -0.2) is 4.98 Å². The number of hydrogen-bond acceptors (Lipinski definition) is 4. The van der Waals surface area contributed by atoms with Crippen LogP contribution in [0.2, 0.25) is 5.02 Å². The number of pyridine rings is 1. The highest BCUT2D eigenvalue weighted by atomic mass is 35.5. The van der Waals surface area contributed by atoms with E-state index < -0.39 is 5.60 Å². The van der Waals surface area contributed by atoms with Gasteiger partial charge in [-0.05, 0) is 51.1 Å². The summed E-state index contributed by atoms with van der Waals surface area (Å²) < 4.78 is 11.2. The largest absolute Gasteiger partial charge is 0.478 e. The summed E-state index contributed by atoms with van der Waals surface area (Å²) in [7, 11) is 0. The molecule has 0 atom stereocenters. The molecule has 0 spiro atoms. The van der Waals surface area contributed by atoms with Crippen LogP contribution in [0.5, 0.6) is 11.6 Å². The van der Waals surface area contributed by atoms with Gasteiger partial charge in [0.25, 0.3) is 5.91 Å². The standard InChI is InChI=1S/C18H21ClN2O3/c1-4-23-16-13(6-5-11-20-16)12-21-17(22)18(2,3)24-15-9-7-14(19)8-10-15/h5-11H,4,12H2,1-3H3,(H,21,22). The second-order valence-electron chi connectivity index (χ2n) is 5.65. The number of halogens is 1. The number of carbonyl (C=O) groups is 1. The molecule has 0 unspecified atom stereocenters. The highest BCUT2D eigenvalue weighted by molar-refractivity contribution is 6.30. The number of carbonyl (C=O) groups excluding carboxylic acids is 1. The molecule has 0 radical (unpaired) electrons. The number of rotatable bonds is 7. The number of aromatic nitrogens is 1. The van der Waals surface area contributed by atoms with Crippen molar-refractivity contribution >= 4 is 17.5 Å². The number of benzene rings is 1. The zero-order valence-electron chi connectivity index (χ0n) is 14.0. The van der Waals surface area contributed by atoms with Crippen molar-refractivity contribution in [3.8, 4) is 11.6 Å². The lowest BCUT2D eigenvalue weighted by atomic mass is 10.1. The summed E-state index contributed by atoms with van der Waals surface area (Å²) in [6, 6.07) is 10.6. The first-order valence-electron chi connectivity index (χ1n) is 7.72. The van der Waals surface area contributed by atoms with Gasteiger partial charge in [-0.15, -0.1) is 0 Å². The molecular weight excluding hydrogens is 328 g/mol. The molecule has 2 rings (SSSR count). The second kappa shape index (κ2) is 8.02. The van der Waals surface area contributed by atoms with Gasteiger partial charge in [0.05, 0.1) is 6.61 Å². The molecule has 128 valence electrons. The minimum Gasteiger partial charge on any atom is -0.478 e. The third kappa shape index (κ3) is 4.86. The molecular formula is C18H21ClN2O3. The molecule has 0 aliphatic rings. The molecule has 5 nitrogen and oxygen atoms in total. The normalized spacial score (nSPS) is 11.0. The fraction of sp³-hybridized carbons (Fsp3) is 0.333. The van der Waals surface area contributed by atoms with Gasteiger partial charge in [0.1, 0.15) is 5.75 Å². The van der Waals surface area contributed by atoms with E-state index in [0.29, 0.717) is 29.8 Å². The Labute approximate surface area is 147 Å². The molecule has 1 amide bonds. The minimum atomic E-state index is -1.03. The van der Waals surface area contributed by atoms with E-state index in [4.69, 9.17) is 21.1 Å². The average molecular weight is 349 g/mol. The Bertz CT molecular complexity index is 687. The Kier molecular flexibility index (Phi) is 6.04. The zero-order chi connectivity index (χ0) is 17.6. The predicted octanol–water partition coefficient (Wildman–Crippen LogP) is 3.61. The topological polar surface area (TPSA) is 60.5 Å². The van der Waals surface area contributed by atoms with Crippen LogP contribution in [0, 0.1) is 0 Å². The van der Waals surface area contributed by atoms with Gasteiger partial charge in [-0.3, -0.25) is 4.79 Å². The highest BCUT2D eigenvalue weighted by Crippen LogP contribution is 2.21. The first-order valence-corrected chi connectivity index (χ1v) is 8.09. The molecule has 1 N–H and O–H groups in total. The van der Waals surface area contributed by atoms with Crippen molar-refractivity contribution in [2.24, 2.45) is 0 Å². The van der Waals surface area contributed by atoms with Crippen LogP contribution >= 0.6 is 11.6 Å². The van der Waals surface area contributed by atoms with Crippen LogP contribution in [0.15, 0.2) is 42.6 Å². The van der Waals surface area contributed by atoms with E-state index in [0.717, 1.165) is 5.56 Å². The minimum absolute atomic E-state index is 0.233. The molecule has 2 aromatic rings. The van der Waals surface area contributed by atoms with Crippen LogP contribution in [0.4, 0.5) is 0 Å². The van der Waals surface area contributed by atoms with Crippen molar-refractivity contribution in [3.05, 3.63) is 53.2 Å². The first kappa shape index (κ1) is 18.1. The van der Waals surface area contributed by atoms with E-state index in [2.05, 4.69) is 10.3 Å². The number of hydrogen-bond donors (Lipinski definition) is 1. The van der Waals surface area contributed by atoms with Crippen LogP contribution in [0.1, 0.15) is 26.3 Å². The van der Waals surface area contributed by atoms with Gasteiger partial charge in [-0.2, -0.15) is 0 Å². The van der Waals surface area contributed by atoms with Gasteiger partial charge in [-0.1, -0.05) is 17.7 Å². The van der Waals surface area contributed by atoms with Crippen molar-refractivity contribution in [2.75, 3.05) is 6.61 Å². The summed E-state index contributed by atoms with van der Waals surface area (Å²) in [6.45, 7) is 6.14. The van der Waals surface area contributed by atoms with Gasteiger partial charge >= 0.3 is 0 Å². The van der Waals surface area contributed by atoms with Crippen molar-refractivity contribution < 1.29 is 14.3 Å². The molecule has 0 fully saturated rings. The Morgan fingerprint density at radius 3 is 2.62 bits per heavy atom. The van der Waals surface area contributed by atoms with Crippen LogP contribution in [-0.2, 0) is 11.3 Å². The summed E-state index contributed by atoms with van der Waals surface area (Å²) in [5.74, 6) is 0.872. The Morgan fingerprint density at radius 2 is 1.96 bits per heavy atom. The van der Waals surface area contributed by atoms with Gasteiger partial charge in [0.15, 0.2) is 5.60 Å². The van der Waals surface area contributed by atoms with Gasteiger partial charge in [0, 0.05) is 23.3 Å². The van der Waals surface area contributed by atoms with Gasteiger partial charge in [0.2, 0.25) is 5.88 Å². The summed E-state index contributed by atoms with van der Waals surface area (Å²) in [4.78, 5) is 16.6. The number of nitrogens with zero attached hydrogens (tertiary/aromatic N) is 1. The predicted molar refractivity (Wildman–Crippen MR) is 93.4 cm³/mol. The monoisotopic (exact) mass is 348 g/mol. The summed E-state index contributed by atoms with van der Waals surface area (Å²) in [5.41, 5.74) is -0.211. The van der Waals surface area contributed by atoms with E-state index in [-0.39, 0.29) is 5.91 Å². The lowest BCUT2D eigenvalue weighted by molar-refractivity contribution is -0.134. The molecule has 0 saturated heterocycles. The molecule has 0 saturated carbocycles. The molecule has 1 heterocycles. The van der Waals surface area contributed by atoms with Crippen molar-refractivity contribution in [1.82, 2.24) is 10.3 Å². The SMILES string of the molecule is CCOc1ncccc1CNC(=O)C(C)(C)Oc1ccc(Cl)cc1. The zero-order valence-corrected chi connectivity index (χ0v) is 14.8. The van der Waals surface area contributed by atoms with Crippen LogP contribution in [0.25, 0.3) is 0 Å². The Hall–Kier alpha value is -2.27. The van der Waals surface area contributed by atoms with E-state index >= 15 is 0 Å². The van der Waals surface area contributed by atoms with Crippen molar-refractivity contribution in [3.63, 3.8) is 0 Å². The van der Waals surface area contributed by atoms with E-state index in [1.165, 1.54) is 0 Å². The summed E-state index contributed by atoms with van der Waals surface area (Å²) in [5, 5.41) is 3.48. The maximum Gasteiger partial charge on any atom is 0.263 e. The Morgan fingerprint density at radius 1 is 1.25 bits per heavy atom. The summed E-state index contributed by atoms with van der Waals surface area (Å²) >= 11 is 5.85. The smallest absolute Gasteiger partial charge is 0.263 e. The van der Waals surface area contributed by atoms with E-state index in [1.807, 2.05) is 13.0 Å². The molecule has 1 aromatic carbocycles. The molecule has 0 aliphatic heterocycles. The lowest BCUT2D eigenvalue weighted by Crippen LogP contribution is -2.46. The third-order valence-electron chi connectivity index (χ3n) is 3.30. The molecule has 24 heavy (non-hydrogen) atoms. The number of nitrogens with one attached hydrogen (secondary N) is 1. The van der Waals surface area contributed by atoms with Crippen LogP contribution in [0.3, 0.4) is 0 Å². The van der Waals surface area contributed by atoms with E-state index in [9.17, 15) is 4.79 Å². The number of amides is 1. The second-order valence-corrected chi connectivity index (χ2v) is 6.09. The number of ether oxygens (including phenoxy) is 2. The molecule has 0 bridgehead atoms. The third-order valence-corrected chi connectivity index (χ3v) is 3.56. The highest BCUT2D eigenvalue weighted by Gasteiger charge is 2.29. The quantitative estimate of drug-likeness (QED) is 0.830. The molecule has 1 aromatic heterocycles. The van der Waals surface area contributed by atoms with Crippen LogP contribution < -0.4 is 14.8 Å².